The van der Waals surface area contributed by atoms with Gasteiger partial charge in [-0.2, -0.15) is 0 Å². The summed E-state index contributed by atoms with van der Waals surface area (Å²) < 4.78 is 0. The number of imidazole rings is 1. The second-order valence-electron chi connectivity index (χ2n) is 4.46. The van der Waals surface area contributed by atoms with E-state index in [-0.39, 0.29) is 12.3 Å². The summed E-state index contributed by atoms with van der Waals surface area (Å²) in [6, 6.07) is 9.87. The third kappa shape index (κ3) is 2.59. The molecule has 4 heteroatoms. The zero-order valence-corrected chi connectivity index (χ0v) is 10.5. The highest BCUT2D eigenvalue weighted by molar-refractivity contribution is 5.68. The van der Waals surface area contributed by atoms with Gasteiger partial charge in [0.25, 0.3) is 0 Å². The van der Waals surface area contributed by atoms with Crippen molar-refractivity contribution in [3.05, 3.63) is 41.9 Å². The van der Waals surface area contributed by atoms with Gasteiger partial charge in [0.1, 0.15) is 5.82 Å². The Hall–Kier alpha value is -2.10. The number of benzene rings is 1. The molecule has 0 aliphatic rings. The second kappa shape index (κ2) is 5.04. The van der Waals surface area contributed by atoms with Crippen LogP contribution in [0, 0.1) is 6.92 Å². The van der Waals surface area contributed by atoms with Gasteiger partial charge < -0.3 is 10.1 Å². The largest absolute Gasteiger partial charge is 0.481 e. The molecule has 1 heterocycles. The zero-order valence-electron chi connectivity index (χ0n) is 10.5. The van der Waals surface area contributed by atoms with E-state index in [9.17, 15) is 4.79 Å². The average molecular weight is 244 g/mol. The van der Waals surface area contributed by atoms with Gasteiger partial charge in [0, 0.05) is 17.2 Å². The van der Waals surface area contributed by atoms with Crippen LogP contribution in [0.25, 0.3) is 11.3 Å². The van der Waals surface area contributed by atoms with Gasteiger partial charge in [-0.15, -0.1) is 0 Å². The summed E-state index contributed by atoms with van der Waals surface area (Å²) in [6.07, 6.45) is 0.0845. The number of aromatic nitrogens is 2. The fraction of sp³-hybridized carbons (Fsp3) is 0.286. The van der Waals surface area contributed by atoms with Crippen LogP contribution in [-0.2, 0) is 4.79 Å². The molecule has 0 radical (unpaired) electrons. The van der Waals surface area contributed by atoms with E-state index < -0.39 is 5.97 Å². The maximum absolute atomic E-state index is 10.7. The minimum Gasteiger partial charge on any atom is -0.481 e. The van der Waals surface area contributed by atoms with Gasteiger partial charge in [-0.3, -0.25) is 4.79 Å². The van der Waals surface area contributed by atoms with Gasteiger partial charge in [-0.05, 0) is 6.92 Å². The molecule has 0 saturated carbocycles. The molecule has 0 aliphatic carbocycles. The number of aromatic amines is 1. The van der Waals surface area contributed by atoms with Crippen molar-refractivity contribution in [2.45, 2.75) is 26.2 Å². The van der Waals surface area contributed by atoms with E-state index in [0.29, 0.717) is 0 Å². The van der Waals surface area contributed by atoms with Crippen molar-refractivity contribution in [3.8, 4) is 11.3 Å². The number of hydrogen-bond donors (Lipinski definition) is 2. The Labute approximate surface area is 106 Å². The zero-order chi connectivity index (χ0) is 13.1. The van der Waals surface area contributed by atoms with E-state index in [4.69, 9.17) is 5.11 Å². The van der Waals surface area contributed by atoms with Crippen LogP contribution in [0.1, 0.15) is 30.8 Å². The first kappa shape index (κ1) is 12.4. The van der Waals surface area contributed by atoms with E-state index in [1.165, 1.54) is 0 Å². The first-order valence-corrected chi connectivity index (χ1v) is 5.91. The highest BCUT2D eigenvalue weighted by atomic mass is 16.4. The summed E-state index contributed by atoms with van der Waals surface area (Å²) in [5, 5.41) is 8.80. The van der Waals surface area contributed by atoms with E-state index in [1.807, 2.05) is 44.2 Å². The molecule has 1 unspecified atom stereocenters. The normalized spacial score (nSPS) is 12.3. The molecular formula is C14H16N2O2. The van der Waals surface area contributed by atoms with Gasteiger partial charge >= 0.3 is 5.97 Å². The molecule has 1 aromatic heterocycles. The molecule has 2 aromatic rings. The number of aliphatic carboxylic acids is 1. The summed E-state index contributed by atoms with van der Waals surface area (Å²) >= 11 is 0. The molecule has 0 aliphatic heterocycles. The minimum atomic E-state index is -0.808. The maximum Gasteiger partial charge on any atom is 0.304 e. The molecule has 0 amide bonds. The number of H-pyrrole nitrogens is 1. The van der Waals surface area contributed by atoms with Crippen LogP contribution in [0.5, 0.6) is 0 Å². The number of carbonyl (C=O) groups is 1. The number of nitrogens with zero attached hydrogens (tertiary/aromatic N) is 1. The van der Waals surface area contributed by atoms with Crippen molar-refractivity contribution in [2.24, 2.45) is 0 Å². The number of nitrogens with one attached hydrogen (secondary N) is 1. The van der Waals surface area contributed by atoms with Crippen molar-refractivity contribution >= 4 is 5.97 Å². The average Bonchev–Trinajstić information content (AvgIpc) is 2.72. The molecule has 2 N–H and O–H groups in total. The highest BCUT2D eigenvalue weighted by Gasteiger charge is 2.16. The molecule has 94 valence electrons. The van der Waals surface area contributed by atoms with Gasteiger partial charge in [-0.25, -0.2) is 4.98 Å². The molecular weight excluding hydrogens is 228 g/mol. The van der Waals surface area contributed by atoms with E-state index >= 15 is 0 Å². The van der Waals surface area contributed by atoms with E-state index in [0.717, 1.165) is 22.8 Å². The Morgan fingerprint density at radius 2 is 2.06 bits per heavy atom. The van der Waals surface area contributed by atoms with Crippen molar-refractivity contribution in [2.75, 3.05) is 0 Å². The van der Waals surface area contributed by atoms with E-state index in [1.54, 1.807) is 0 Å². The van der Waals surface area contributed by atoms with Crippen LogP contribution >= 0.6 is 0 Å². The molecule has 0 fully saturated rings. The molecule has 1 aromatic carbocycles. The van der Waals surface area contributed by atoms with Crippen LogP contribution < -0.4 is 0 Å². The molecule has 0 spiro atoms. The molecule has 18 heavy (non-hydrogen) atoms. The number of rotatable bonds is 4. The van der Waals surface area contributed by atoms with Crippen molar-refractivity contribution in [1.29, 1.82) is 0 Å². The minimum absolute atomic E-state index is 0.0845. The standard InChI is InChI=1S/C14H16N2O2/c1-9(8-12(17)18)14-15-10(2)13(16-14)11-6-4-3-5-7-11/h3-7,9H,8H2,1-2H3,(H,15,16)(H,17,18). The lowest BCUT2D eigenvalue weighted by Crippen LogP contribution is -2.04. The lowest BCUT2D eigenvalue weighted by molar-refractivity contribution is -0.137. The summed E-state index contributed by atoms with van der Waals surface area (Å²) in [5.74, 6) is -0.190. The second-order valence-corrected chi connectivity index (χ2v) is 4.46. The van der Waals surface area contributed by atoms with Crippen molar-refractivity contribution in [1.82, 2.24) is 9.97 Å². The Balaban J connectivity index is 2.30. The quantitative estimate of drug-likeness (QED) is 0.868. The summed E-state index contributed by atoms with van der Waals surface area (Å²) in [7, 11) is 0. The van der Waals surface area contributed by atoms with E-state index in [2.05, 4.69) is 9.97 Å². The predicted octanol–water partition coefficient (Wildman–Crippen LogP) is 2.96. The fourth-order valence-electron chi connectivity index (χ4n) is 1.95. The Morgan fingerprint density at radius 1 is 1.39 bits per heavy atom. The fourth-order valence-corrected chi connectivity index (χ4v) is 1.95. The van der Waals surface area contributed by atoms with Gasteiger partial charge in [0.2, 0.25) is 0 Å². The Kier molecular flexibility index (Phi) is 3.46. The van der Waals surface area contributed by atoms with Gasteiger partial charge in [0.05, 0.1) is 12.1 Å². The summed E-state index contributed by atoms with van der Waals surface area (Å²) in [6.45, 7) is 3.81. The van der Waals surface area contributed by atoms with Crippen LogP contribution in [-0.4, -0.2) is 21.0 Å². The lowest BCUT2D eigenvalue weighted by Gasteiger charge is -2.03. The smallest absolute Gasteiger partial charge is 0.304 e. The van der Waals surface area contributed by atoms with Gasteiger partial charge in [-0.1, -0.05) is 37.3 Å². The number of aryl methyl sites for hydroxylation is 1. The molecule has 0 bridgehead atoms. The molecule has 0 saturated heterocycles. The van der Waals surface area contributed by atoms with Crippen LogP contribution in [0.3, 0.4) is 0 Å². The van der Waals surface area contributed by atoms with Crippen LogP contribution in [0.2, 0.25) is 0 Å². The number of hydrogen-bond acceptors (Lipinski definition) is 2. The van der Waals surface area contributed by atoms with Crippen LogP contribution in [0.15, 0.2) is 30.3 Å². The first-order chi connectivity index (χ1) is 8.58. The topological polar surface area (TPSA) is 66.0 Å². The van der Waals surface area contributed by atoms with Gasteiger partial charge in [0.15, 0.2) is 0 Å². The molecule has 4 nitrogen and oxygen atoms in total. The molecule has 2 rings (SSSR count). The van der Waals surface area contributed by atoms with Crippen molar-refractivity contribution < 1.29 is 9.90 Å². The SMILES string of the molecule is Cc1[nH]c(C(C)CC(=O)O)nc1-c1ccccc1. The maximum atomic E-state index is 10.7. The highest BCUT2D eigenvalue weighted by Crippen LogP contribution is 2.24. The van der Waals surface area contributed by atoms with Crippen LogP contribution in [0.4, 0.5) is 0 Å². The Morgan fingerprint density at radius 3 is 2.67 bits per heavy atom. The summed E-state index contributed by atoms with van der Waals surface area (Å²) in [4.78, 5) is 18.4. The number of carboxylic acids is 1. The number of carboxylic acid groups (broad SMARTS) is 1. The third-order valence-electron chi connectivity index (χ3n) is 2.90. The van der Waals surface area contributed by atoms with Crippen molar-refractivity contribution in [3.63, 3.8) is 0 Å². The first-order valence-electron chi connectivity index (χ1n) is 5.91. The third-order valence-corrected chi connectivity index (χ3v) is 2.90. The monoisotopic (exact) mass is 244 g/mol. The lowest BCUT2D eigenvalue weighted by atomic mass is 10.1. The Bertz CT molecular complexity index is 546. The molecule has 1 atom stereocenters. The predicted molar refractivity (Wildman–Crippen MR) is 69.4 cm³/mol. The summed E-state index contributed by atoms with van der Waals surface area (Å²) in [5.41, 5.74) is 2.90.